The Morgan fingerprint density at radius 1 is 1.72 bits per heavy atom. The summed E-state index contributed by atoms with van der Waals surface area (Å²) in [6, 6.07) is 1.66. The van der Waals surface area contributed by atoms with E-state index in [4.69, 9.17) is 9.62 Å². The van der Waals surface area contributed by atoms with Gasteiger partial charge in [-0.2, -0.15) is 0 Å². The summed E-state index contributed by atoms with van der Waals surface area (Å²) in [6.45, 7) is 3.19. The molecule has 2 heterocycles. The first kappa shape index (κ1) is 13.1. The molecule has 5 nitrogen and oxygen atoms in total. The van der Waals surface area contributed by atoms with Crippen molar-refractivity contribution in [2.75, 3.05) is 13.1 Å². The summed E-state index contributed by atoms with van der Waals surface area (Å²) < 4.78 is 5.54. The Hall–Kier alpha value is -1.30. The number of hydrogen-bond donors (Lipinski definition) is 1. The third-order valence-electron chi connectivity index (χ3n) is 3.31. The number of amides is 1. The summed E-state index contributed by atoms with van der Waals surface area (Å²) in [6.07, 6.45) is 2.96. The maximum Gasteiger partial charge on any atom is 0.258 e. The van der Waals surface area contributed by atoms with Crippen molar-refractivity contribution in [1.29, 1.82) is 0 Å². The fourth-order valence-electron chi connectivity index (χ4n) is 2.21. The topological polar surface area (TPSA) is 66.0 Å². The van der Waals surface area contributed by atoms with E-state index >= 15 is 0 Å². The molecular weight excluding hydrogens is 300 g/mol. The van der Waals surface area contributed by atoms with Crippen LogP contribution < -0.4 is 0 Å². The minimum atomic E-state index is -0.0499. The molecule has 18 heavy (non-hydrogen) atoms. The van der Waals surface area contributed by atoms with Crippen LogP contribution in [0.2, 0.25) is 0 Å². The molecule has 0 aromatic carbocycles. The largest absolute Gasteiger partial charge is 0.457 e. The van der Waals surface area contributed by atoms with Gasteiger partial charge in [-0.3, -0.25) is 4.79 Å². The van der Waals surface area contributed by atoms with Crippen molar-refractivity contribution in [3.63, 3.8) is 0 Å². The van der Waals surface area contributed by atoms with Gasteiger partial charge in [0.1, 0.15) is 0 Å². The number of hydrogen-bond acceptors (Lipinski definition) is 4. The molecule has 1 aromatic rings. The van der Waals surface area contributed by atoms with Crippen molar-refractivity contribution in [2.45, 2.75) is 19.8 Å². The molecule has 0 saturated carbocycles. The molecule has 1 fully saturated rings. The molecule has 98 valence electrons. The first-order valence-corrected chi connectivity index (χ1v) is 6.69. The van der Waals surface area contributed by atoms with Gasteiger partial charge in [0.05, 0.1) is 17.5 Å². The summed E-state index contributed by atoms with van der Waals surface area (Å²) in [5, 5.41) is 12.2. The molecule has 0 spiro atoms. The van der Waals surface area contributed by atoms with Gasteiger partial charge in [-0.1, -0.05) is 12.1 Å². The van der Waals surface area contributed by atoms with Gasteiger partial charge in [-0.25, -0.2) is 0 Å². The second-order valence-electron chi connectivity index (χ2n) is 4.31. The standard InChI is InChI=1S/C12H15BrN2O3/c1-2-8-7-15(5-3-10(8)14-17)12(16)9-4-6-18-11(9)13/h4,6,8,17H,2-3,5,7H2,1H3/b14-10+. The monoisotopic (exact) mass is 314 g/mol. The summed E-state index contributed by atoms with van der Waals surface area (Å²) in [4.78, 5) is 14.0. The molecule has 2 rings (SSSR count). The van der Waals surface area contributed by atoms with E-state index < -0.39 is 0 Å². The minimum Gasteiger partial charge on any atom is -0.457 e. The van der Waals surface area contributed by atoms with Gasteiger partial charge in [-0.05, 0) is 28.4 Å². The van der Waals surface area contributed by atoms with Gasteiger partial charge in [0, 0.05) is 25.4 Å². The fraction of sp³-hybridized carbons (Fsp3) is 0.500. The van der Waals surface area contributed by atoms with Crippen molar-refractivity contribution < 1.29 is 14.4 Å². The second kappa shape index (κ2) is 5.56. The van der Waals surface area contributed by atoms with Crippen molar-refractivity contribution in [3.05, 3.63) is 22.6 Å². The number of oxime groups is 1. The number of rotatable bonds is 2. The highest BCUT2D eigenvalue weighted by atomic mass is 79.9. The molecule has 1 saturated heterocycles. The summed E-state index contributed by atoms with van der Waals surface area (Å²) in [5.41, 5.74) is 1.32. The Balaban J connectivity index is 2.12. The lowest BCUT2D eigenvalue weighted by Gasteiger charge is -2.32. The zero-order valence-corrected chi connectivity index (χ0v) is 11.7. The Kier molecular flexibility index (Phi) is 4.06. The summed E-state index contributed by atoms with van der Waals surface area (Å²) in [7, 11) is 0. The third kappa shape index (κ3) is 2.43. The lowest BCUT2D eigenvalue weighted by Crippen LogP contribution is -2.44. The van der Waals surface area contributed by atoms with Crippen LogP contribution >= 0.6 is 15.9 Å². The van der Waals surface area contributed by atoms with Crippen LogP contribution in [0.5, 0.6) is 0 Å². The van der Waals surface area contributed by atoms with Crippen molar-refractivity contribution in [2.24, 2.45) is 11.1 Å². The van der Waals surface area contributed by atoms with E-state index in [9.17, 15) is 4.79 Å². The molecule has 1 N–H and O–H groups in total. The van der Waals surface area contributed by atoms with Gasteiger partial charge in [0.15, 0.2) is 4.67 Å². The smallest absolute Gasteiger partial charge is 0.258 e. The molecule has 0 bridgehead atoms. The van der Waals surface area contributed by atoms with Crippen molar-refractivity contribution in [3.8, 4) is 0 Å². The lowest BCUT2D eigenvalue weighted by atomic mass is 9.93. The van der Waals surface area contributed by atoms with Crippen LogP contribution in [0.15, 0.2) is 26.6 Å². The Bertz CT molecular complexity index is 470. The van der Waals surface area contributed by atoms with Gasteiger partial charge < -0.3 is 14.5 Å². The number of halogens is 1. The van der Waals surface area contributed by atoms with Crippen LogP contribution in [0.25, 0.3) is 0 Å². The number of carbonyl (C=O) groups is 1. The summed E-state index contributed by atoms with van der Waals surface area (Å²) in [5.74, 6) is 0.0874. The Morgan fingerprint density at radius 3 is 3.06 bits per heavy atom. The summed E-state index contributed by atoms with van der Waals surface area (Å²) >= 11 is 3.21. The molecule has 1 unspecified atom stereocenters. The van der Waals surface area contributed by atoms with E-state index in [1.807, 2.05) is 6.92 Å². The number of nitrogens with zero attached hydrogens (tertiary/aromatic N) is 2. The number of carbonyl (C=O) groups excluding carboxylic acids is 1. The van der Waals surface area contributed by atoms with Gasteiger partial charge in [-0.15, -0.1) is 0 Å². The first-order chi connectivity index (χ1) is 8.67. The van der Waals surface area contributed by atoms with Gasteiger partial charge in [0.2, 0.25) is 0 Å². The molecule has 1 amide bonds. The highest BCUT2D eigenvalue weighted by Gasteiger charge is 2.29. The number of likely N-dealkylation sites (tertiary alicyclic amines) is 1. The molecular formula is C12H15BrN2O3. The van der Waals surface area contributed by atoms with E-state index in [2.05, 4.69) is 21.1 Å². The average Bonchev–Trinajstić information content (AvgIpc) is 2.83. The molecule has 0 radical (unpaired) electrons. The number of piperidine rings is 1. The third-order valence-corrected chi connectivity index (χ3v) is 3.92. The first-order valence-electron chi connectivity index (χ1n) is 5.90. The highest BCUT2D eigenvalue weighted by Crippen LogP contribution is 2.23. The molecule has 1 aliphatic heterocycles. The van der Waals surface area contributed by atoms with E-state index in [0.717, 1.165) is 12.1 Å². The second-order valence-corrected chi connectivity index (χ2v) is 5.03. The molecule has 1 aliphatic rings. The zero-order chi connectivity index (χ0) is 13.1. The SMILES string of the molecule is CCC1CN(C(=O)c2ccoc2Br)CC/C1=N\O. The zero-order valence-electron chi connectivity index (χ0n) is 10.1. The van der Waals surface area contributed by atoms with E-state index in [1.54, 1.807) is 11.0 Å². The van der Waals surface area contributed by atoms with E-state index in [1.165, 1.54) is 6.26 Å². The number of furan rings is 1. The van der Waals surface area contributed by atoms with Crippen LogP contribution in [-0.4, -0.2) is 34.8 Å². The van der Waals surface area contributed by atoms with Crippen LogP contribution in [0.3, 0.4) is 0 Å². The maximum atomic E-state index is 12.3. The molecule has 0 aliphatic carbocycles. The average molecular weight is 315 g/mol. The fourth-order valence-corrected chi connectivity index (χ4v) is 2.62. The Labute approximate surface area is 114 Å². The van der Waals surface area contributed by atoms with Crippen LogP contribution in [0.4, 0.5) is 0 Å². The Morgan fingerprint density at radius 2 is 2.50 bits per heavy atom. The van der Waals surface area contributed by atoms with Crippen molar-refractivity contribution >= 4 is 27.5 Å². The quantitative estimate of drug-likeness (QED) is 0.674. The van der Waals surface area contributed by atoms with E-state index in [0.29, 0.717) is 29.7 Å². The normalized spacial score (nSPS) is 22.4. The van der Waals surface area contributed by atoms with Gasteiger partial charge in [0.25, 0.3) is 5.91 Å². The molecule has 1 atom stereocenters. The van der Waals surface area contributed by atoms with Crippen LogP contribution in [0, 0.1) is 5.92 Å². The van der Waals surface area contributed by atoms with Crippen molar-refractivity contribution in [1.82, 2.24) is 4.90 Å². The lowest BCUT2D eigenvalue weighted by molar-refractivity contribution is 0.0727. The van der Waals surface area contributed by atoms with Crippen LogP contribution in [-0.2, 0) is 0 Å². The van der Waals surface area contributed by atoms with Crippen LogP contribution in [0.1, 0.15) is 30.1 Å². The highest BCUT2D eigenvalue weighted by molar-refractivity contribution is 9.10. The van der Waals surface area contributed by atoms with Gasteiger partial charge >= 0.3 is 0 Å². The maximum absolute atomic E-state index is 12.3. The van der Waals surface area contributed by atoms with E-state index in [-0.39, 0.29) is 11.8 Å². The predicted molar refractivity (Wildman–Crippen MR) is 69.9 cm³/mol. The minimum absolute atomic E-state index is 0.0499. The molecule has 1 aromatic heterocycles. The predicted octanol–water partition coefficient (Wildman–Crippen LogP) is 2.74. The molecule has 6 heteroatoms.